The third kappa shape index (κ3) is 6.96. The fraction of sp³-hybridized carbons (Fsp3) is 0.208. The van der Waals surface area contributed by atoms with Crippen molar-refractivity contribution in [3.05, 3.63) is 94.8 Å². The van der Waals surface area contributed by atoms with Crippen LogP contribution in [0.25, 0.3) is 0 Å². The largest absolute Gasteiger partial charge is 0.354 e. The molecule has 1 amide bonds. The van der Waals surface area contributed by atoms with Crippen LogP contribution in [0.15, 0.2) is 77.7 Å². The van der Waals surface area contributed by atoms with E-state index in [0.29, 0.717) is 34.3 Å². The molecule has 3 aromatic rings. The van der Waals surface area contributed by atoms with Crippen molar-refractivity contribution >= 4 is 45.0 Å². The highest BCUT2D eigenvalue weighted by molar-refractivity contribution is 7.98. The summed E-state index contributed by atoms with van der Waals surface area (Å²) in [6.07, 6.45) is 0. The average Bonchev–Trinajstić information content (AvgIpc) is 2.78. The molecule has 0 saturated heterocycles. The molecule has 0 aliphatic heterocycles. The summed E-state index contributed by atoms with van der Waals surface area (Å²) in [6.45, 7) is 1.82. The molecular formula is C24H24ClFN2O3S2. The highest BCUT2D eigenvalue weighted by Crippen LogP contribution is 2.25. The zero-order valence-electron chi connectivity index (χ0n) is 18.0. The van der Waals surface area contributed by atoms with Gasteiger partial charge in [-0.2, -0.15) is 11.8 Å². The summed E-state index contributed by atoms with van der Waals surface area (Å²) in [5, 5.41) is 3.17. The van der Waals surface area contributed by atoms with Crippen LogP contribution in [-0.4, -0.2) is 33.2 Å². The Labute approximate surface area is 203 Å². The van der Waals surface area contributed by atoms with Crippen molar-refractivity contribution in [2.24, 2.45) is 0 Å². The average molecular weight is 507 g/mol. The van der Waals surface area contributed by atoms with Crippen molar-refractivity contribution in [2.75, 3.05) is 23.1 Å². The standard InChI is InChI=1S/C24H24ClFN2O3S2/c1-18-5-4-7-21(15-18)28(33(30,31)22-11-9-20(25)10-12-22)16-24(29)27-13-14-32-17-19-6-2-3-8-23(19)26/h2-12,15H,13-14,16-17H2,1H3,(H,27,29). The van der Waals surface area contributed by atoms with Crippen LogP contribution in [0.1, 0.15) is 11.1 Å². The van der Waals surface area contributed by atoms with E-state index in [9.17, 15) is 17.6 Å². The number of carbonyl (C=O) groups is 1. The van der Waals surface area contributed by atoms with Crippen molar-refractivity contribution in [1.29, 1.82) is 0 Å². The van der Waals surface area contributed by atoms with Crippen molar-refractivity contribution < 1.29 is 17.6 Å². The summed E-state index contributed by atoms with van der Waals surface area (Å²) in [7, 11) is -3.99. The number of sulfonamides is 1. The van der Waals surface area contributed by atoms with Gasteiger partial charge in [0.1, 0.15) is 12.4 Å². The minimum absolute atomic E-state index is 0.0432. The number of nitrogens with one attached hydrogen (secondary N) is 1. The topological polar surface area (TPSA) is 66.5 Å². The van der Waals surface area contributed by atoms with Crippen LogP contribution < -0.4 is 9.62 Å². The third-order valence-corrected chi connectivity index (χ3v) is 7.81. The zero-order chi connectivity index (χ0) is 23.8. The zero-order valence-corrected chi connectivity index (χ0v) is 20.4. The lowest BCUT2D eigenvalue weighted by Gasteiger charge is -2.24. The van der Waals surface area contributed by atoms with Gasteiger partial charge < -0.3 is 5.32 Å². The SMILES string of the molecule is Cc1cccc(N(CC(=O)NCCSCc2ccccc2F)S(=O)(=O)c2ccc(Cl)cc2)c1. The van der Waals surface area contributed by atoms with Gasteiger partial charge in [0.25, 0.3) is 10.0 Å². The van der Waals surface area contributed by atoms with Gasteiger partial charge in [-0.1, -0.05) is 41.9 Å². The van der Waals surface area contributed by atoms with Gasteiger partial charge in [0, 0.05) is 23.1 Å². The van der Waals surface area contributed by atoms with Crippen LogP contribution in [0.2, 0.25) is 5.02 Å². The van der Waals surface area contributed by atoms with Crippen LogP contribution in [0.5, 0.6) is 0 Å². The fourth-order valence-electron chi connectivity index (χ4n) is 3.08. The van der Waals surface area contributed by atoms with Crippen LogP contribution >= 0.6 is 23.4 Å². The molecule has 5 nitrogen and oxygen atoms in total. The Morgan fingerprint density at radius 2 is 1.79 bits per heavy atom. The van der Waals surface area contributed by atoms with Crippen LogP contribution in [0.3, 0.4) is 0 Å². The second-order valence-electron chi connectivity index (χ2n) is 7.30. The predicted molar refractivity (Wildman–Crippen MR) is 133 cm³/mol. The van der Waals surface area contributed by atoms with Crippen molar-refractivity contribution in [3.8, 4) is 0 Å². The monoisotopic (exact) mass is 506 g/mol. The molecule has 3 rings (SSSR count). The third-order valence-electron chi connectivity index (χ3n) is 4.76. The summed E-state index contributed by atoms with van der Waals surface area (Å²) >= 11 is 7.38. The summed E-state index contributed by atoms with van der Waals surface area (Å²) in [6, 6.07) is 19.3. The quantitative estimate of drug-likeness (QED) is 0.391. The van der Waals surface area contributed by atoms with Crippen LogP contribution in [0.4, 0.5) is 10.1 Å². The number of amides is 1. The van der Waals surface area contributed by atoms with E-state index in [1.54, 1.807) is 36.4 Å². The predicted octanol–water partition coefficient (Wildman–Crippen LogP) is 5.03. The number of anilines is 1. The van der Waals surface area contributed by atoms with E-state index in [0.717, 1.165) is 9.87 Å². The molecule has 0 aliphatic rings. The van der Waals surface area contributed by atoms with Gasteiger partial charge in [0.2, 0.25) is 5.91 Å². The molecule has 1 N–H and O–H groups in total. The molecule has 0 atom stereocenters. The van der Waals surface area contributed by atoms with Gasteiger partial charge in [-0.05, 0) is 60.5 Å². The number of nitrogens with zero attached hydrogens (tertiary/aromatic N) is 1. The number of halogens is 2. The molecule has 0 saturated carbocycles. The van der Waals surface area contributed by atoms with E-state index < -0.39 is 15.9 Å². The number of thioether (sulfide) groups is 1. The first-order chi connectivity index (χ1) is 15.8. The lowest BCUT2D eigenvalue weighted by molar-refractivity contribution is -0.119. The number of hydrogen-bond donors (Lipinski definition) is 1. The molecule has 3 aromatic carbocycles. The maximum Gasteiger partial charge on any atom is 0.264 e. The van der Waals surface area contributed by atoms with Gasteiger partial charge in [-0.25, -0.2) is 12.8 Å². The molecular weight excluding hydrogens is 483 g/mol. The Balaban J connectivity index is 1.65. The molecule has 9 heteroatoms. The van der Waals surface area contributed by atoms with Crippen LogP contribution in [-0.2, 0) is 20.6 Å². The highest BCUT2D eigenvalue weighted by Gasteiger charge is 2.27. The van der Waals surface area contributed by atoms with E-state index >= 15 is 0 Å². The molecule has 0 bridgehead atoms. The first-order valence-electron chi connectivity index (χ1n) is 10.2. The molecule has 33 heavy (non-hydrogen) atoms. The normalized spacial score (nSPS) is 11.2. The number of benzene rings is 3. The smallest absolute Gasteiger partial charge is 0.264 e. The molecule has 0 radical (unpaired) electrons. The summed E-state index contributed by atoms with van der Waals surface area (Å²) in [5.74, 6) is 0.368. The second kappa shape index (κ2) is 11.5. The summed E-state index contributed by atoms with van der Waals surface area (Å²) in [5.41, 5.74) is 1.87. The molecule has 174 valence electrons. The van der Waals surface area contributed by atoms with Gasteiger partial charge in [0.05, 0.1) is 10.6 Å². The Morgan fingerprint density at radius 3 is 2.48 bits per heavy atom. The van der Waals surface area contributed by atoms with Crippen molar-refractivity contribution in [1.82, 2.24) is 5.32 Å². The number of hydrogen-bond acceptors (Lipinski definition) is 4. The van der Waals surface area contributed by atoms with Gasteiger partial charge >= 0.3 is 0 Å². The number of aryl methyl sites for hydroxylation is 1. The summed E-state index contributed by atoms with van der Waals surface area (Å²) in [4.78, 5) is 12.7. The molecule has 0 heterocycles. The lowest BCUT2D eigenvalue weighted by Crippen LogP contribution is -2.41. The van der Waals surface area contributed by atoms with Gasteiger partial charge in [-0.3, -0.25) is 9.10 Å². The number of rotatable bonds is 10. The maximum atomic E-state index is 13.7. The minimum atomic E-state index is -3.99. The Morgan fingerprint density at radius 1 is 1.06 bits per heavy atom. The molecule has 0 unspecified atom stereocenters. The second-order valence-corrected chi connectivity index (χ2v) is 10.7. The van der Waals surface area contributed by atoms with Crippen LogP contribution in [0, 0.1) is 12.7 Å². The Kier molecular flexibility index (Phi) is 8.77. The first kappa shape index (κ1) is 25.1. The Bertz CT molecular complexity index is 1200. The van der Waals surface area contributed by atoms with E-state index in [2.05, 4.69) is 5.32 Å². The lowest BCUT2D eigenvalue weighted by atomic mass is 10.2. The summed E-state index contributed by atoms with van der Waals surface area (Å²) < 4.78 is 41.4. The Hall–Kier alpha value is -2.55. The van der Waals surface area contributed by atoms with E-state index in [4.69, 9.17) is 11.6 Å². The van der Waals surface area contributed by atoms with Gasteiger partial charge in [-0.15, -0.1) is 0 Å². The van der Waals surface area contributed by atoms with Crippen molar-refractivity contribution in [3.63, 3.8) is 0 Å². The molecule has 0 aliphatic carbocycles. The molecule has 0 aromatic heterocycles. The maximum absolute atomic E-state index is 13.7. The molecule has 0 spiro atoms. The van der Waals surface area contributed by atoms with Gasteiger partial charge in [0.15, 0.2) is 0 Å². The van der Waals surface area contributed by atoms with E-state index in [1.165, 1.54) is 42.1 Å². The number of carbonyl (C=O) groups excluding carboxylic acids is 1. The van der Waals surface area contributed by atoms with E-state index in [-0.39, 0.29) is 17.3 Å². The fourth-order valence-corrected chi connectivity index (χ4v) is 5.46. The van der Waals surface area contributed by atoms with E-state index in [1.807, 2.05) is 13.0 Å². The van der Waals surface area contributed by atoms with Crippen molar-refractivity contribution in [2.45, 2.75) is 17.6 Å². The molecule has 0 fully saturated rings. The highest BCUT2D eigenvalue weighted by atomic mass is 35.5. The first-order valence-corrected chi connectivity index (χ1v) is 13.2. The minimum Gasteiger partial charge on any atom is -0.354 e.